The van der Waals surface area contributed by atoms with Gasteiger partial charge < -0.3 is 4.74 Å². The molecule has 1 heterocycles. The van der Waals surface area contributed by atoms with Gasteiger partial charge in [0.2, 0.25) is 0 Å². The Kier molecular flexibility index (Phi) is 2.99. The van der Waals surface area contributed by atoms with Crippen LogP contribution in [0.2, 0.25) is 0 Å². The van der Waals surface area contributed by atoms with E-state index in [0.717, 1.165) is 30.7 Å². The summed E-state index contributed by atoms with van der Waals surface area (Å²) in [6.45, 7) is 2.26. The molecular weight excluding hydrogens is 194 g/mol. The van der Waals surface area contributed by atoms with Crippen LogP contribution in [0.5, 0.6) is 0 Å². The Morgan fingerprint density at radius 1 is 1.60 bits per heavy atom. The largest absolute Gasteiger partial charge is 0.466 e. The molecule has 0 fully saturated rings. The molecule has 5 nitrogen and oxygen atoms in total. The van der Waals surface area contributed by atoms with E-state index in [1.807, 2.05) is 6.92 Å². The van der Waals surface area contributed by atoms with Crippen molar-refractivity contribution in [2.45, 2.75) is 38.5 Å². The van der Waals surface area contributed by atoms with Crippen molar-refractivity contribution in [3.8, 4) is 0 Å². The fourth-order valence-corrected chi connectivity index (χ4v) is 2.04. The van der Waals surface area contributed by atoms with Gasteiger partial charge in [-0.2, -0.15) is 15.4 Å². The summed E-state index contributed by atoms with van der Waals surface area (Å²) in [5.74, 6) is 0.0462. The topological polar surface area (TPSA) is 67.9 Å². The summed E-state index contributed by atoms with van der Waals surface area (Å²) in [6.07, 6.45) is 3.46. The van der Waals surface area contributed by atoms with Crippen LogP contribution in [0.25, 0.3) is 0 Å². The number of hydrogen-bond donors (Lipinski definition) is 1. The summed E-state index contributed by atoms with van der Waals surface area (Å²) < 4.78 is 4.94. The number of aromatic amines is 1. The molecule has 0 amide bonds. The fourth-order valence-electron chi connectivity index (χ4n) is 2.04. The Labute approximate surface area is 88.2 Å². The second-order valence-electron chi connectivity index (χ2n) is 3.75. The number of esters is 1. The summed E-state index contributed by atoms with van der Waals surface area (Å²) in [5, 5.41) is 10.8. The quantitative estimate of drug-likeness (QED) is 0.759. The molecule has 0 aromatic carbocycles. The Balaban J connectivity index is 2.03. The van der Waals surface area contributed by atoms with E-state index in [9.17, 15) is 4.79 Å². The van der Waals surface area contributed by atoms with E-state index < -0.39 is 0 Å². The van der Waals surface area contributed by atoms with E-state index >= 15 is 0 Å². The molecule has 1 atom stereocenters. The van der Waals surface area contributed by atoms with Crippen molar-refractivity contribution in [3.63, 3.8) is 0 Å². The lowest BCUT2D eigenvalue weighted by Gasteiger charge is -2.18. The van der Waals surface area contributed by atoms with E-state index in [2.05, 4.69) is 15.4 Å². The zero-order valence-corrected chi connectivity index (χ0v) is 8.82. The first-order valence-electron chi connectivity index (χ1n) is 5.36. The van der Waals surface area contributed by atoms with Crippen molar-refractivity contribution in [2.24, 2.45) is 0 Å². The van der Waals surface area contributed by atoms with Gasteiger partial charge in [-0.25, -0.2) is 0 Å². The van der Waals surface area contributed by atoms with Gasteiger partial charge in [-0.15, -0.1) is 0 Å². The number of ether oxygens (including phenoxy) is 1. The molecule has 5 heteroatoms. The summed E-state index contributed by atoms with van der Waals surface area (Å²) in [6, 6.07) is 0. The minimum atomic E-state index is -0.140. The van der Waals surface area contributed by atoms with Gasteiger partial charge in [-0.1, -0.05) is 0 Å². The number of nitrogens with zero attached hydrogens (tertiary/aromatic N) is 2. The van der Waals surface area contributed by atoms with Gasteiger partial charge in [0.15, 0.2) is 0 Å². The van der Waals surface area contributed by atoms with E-state index in [1.54, 1.807) is 0 Å². The number of aryl methyl sites for hydroxylation is 1. The molecule has 1 aliphatic carbocycles. The summed E-state index contributed by atoms with van der Waals surface area (Å²) in [5.41, 5.74) is 1.96. The Hall–Kier alpha value is -1.39. The molecule has 1 aromatic rings. The number of rotatable bonds is 3. The molecule has 0 spiro atoms. The van der Waals surface area contributed by atoms with Crippen LogP contribution in [0, 0.1) is 0 Å². The molecule has 0 aliphatic heterocycles. The first-order chi connectivity index (χ1) is 7.31. The van der Waals surface area contributed by atoms with Gasteiger partial charge >= 0.3 is 5.97 Å². The number of carbonyl (C=O) groups is 1. The van der Waals surface area contributed by atoms with Gasteiger partial charge in [0.1, 0.15) is 0 Å². The first kappa shape index (κ1) is 10.1. The highest BCUT2D eigenvalue weighted by Crippen LogP contribution is 2.31. The summed E-state index contributed by atoms with van der Waals surface area (Å²) in [7, 11) is 0. The van der Waals surface area contributed by atoms with Gasteiger partial charge in [0, 0.05) is 5.92 Å². The van der Waals surface area contributed by atoms with Gasteiger partial charge in [0.25, 0.3) is 0 Å². The molecule has 0 radical (unpaired) electrons. The zero-order chi connectivity index (χ0) is 10.7. The molecule has 0 saturated carbocycles. The smallest absolute Gasteiger partial charge is 0.306 e. The Bertz CT molecular complexity index is 348. The molecule has 2 rings (SSSR count). The van der Waals surface area contributed by atoms with Gasteiger partial charge in [-0.3, -0.25) is 4.79 Å². The highest BCUT2D eigenvalue weighted by molar-refractivity contribution is 5.70. The Morgan fingerprint density at radius 3 is 3.27 bits per heavy atom. The third-order valence-electron chi connectivity index (χ3n) is 2.72. The van der Waals surface area contributed by atoms with E-state index in [1.165, 1.54) is 0 Å². The predicted octanol–water partition coefficient (Wildman–Crippen LogP) is 1.18. The standard InChI is InChI=1S/C10H15N3O2/c1-2-15-9(14)6-7-4-3-5-8-10(7)12-13-11-8/h7H,2-6H2,1H3,(H,11,12,13). The van der Waals surface area contributed by atoms with Crippen LogP contribution in [-0.2, 0) is 16.0 Å². The number of carbonyl (C=O) groups excluding carboxylic acids is 1. The average molecular weight is 209 g/mol. The minimum Gasteiger partial charge on any atom is -0.466 e. The van der Waals surface area contributed by atoms with Crippen molar-refractivity contribution >= 4 is 5.97 Å². The average Bonchev–Trinajstić information content (AvgIpc) is 2.67. The number of H-pyrrole nitrogens is 1. The van der Waals surface area contributed by atoms with E-state index in [-0.39, 0.29) is 11.9 Å². The molecular formula is C10H15N3O2. The molecule has 1 aromatic heterocycles. The maximum atomic E-state index is 11.4. The maximum absolute atomic E-state index is 11.4. The molecule has 15 heavy (non-hydrogen) atoms. The van der Waals surface area contributed by atoms with Crippen LogP contribution < -0.4 is 0 Å². The third kappa shape index (κ3) is 2.16. The van der Waals surface area contributed by atoms with Gasteiger partial charge in [0.05, 0.1) is 24.4 Å². The van der Waals surface area contributed by atoms with Crippen LogP contribution in [-0.4, -0.2) is 28.0 Å². The predicted molar refractivity (Wildman–Crippen MR) is 53.3 cm³/mol. The van der Waals surface area contributed by atoms with Crippen molar-refractivity contribution in [1.82, 2.24) is 15.4 Å². The van der Waals surface area contributed by atoms with Crippen molar-refractivity contribution in [3.05, 3.63) is 11.4 Å². The second kappa shape index (κ2) is 4.42. The fraction of sp³-hybridized carbons (Fsp3) is 0.700. The number of fused-ring (bicyclic) bond motifs is 1. The SMILES string of the molecule is CCOC(=O)CC1CCCc2n[nH]nc21. The third-order valence-corrected chi connectivity index (χ3v) is 2.72. The minimum absolute atomic E-state index is 0.140. The number of nitrogens with one attached hydrogen (secondary N) is 1. The summed E-state index contributed by atoms with van der Waals surface area (Å²) in [4.78, 5) is 11.4. The molecule has 0 bridgehead atoms. The zero-order valence-electron chi connectivity index (χ0n) is 8.82. The van der Waals surface area contributed by atoms with Crippen molar-refractivity contribution in [1.29, 1.82) is 0 Å². The number of hydrogen-bond acceptors (Lipinski definition) is 4. The van der Waals surface area contributed by atoms with E-state index in [0.29, 0.717) is 13.0 Å². The van der Waals surface area contributed by atoms with Crippen LogP contribution in [0.1, 0.15) is 43.5 Å². The normalized spacial score (nSPS) is 19.7. The molecule has 82 valence electrons. The molecule has 1 aliphatic rings. The van der Waals surface area contributed by atoms with Crippen LogP contribution in [0.3, 0.4) is 0 Å². The van der Waals surface area contributed by atoms with Crippen LogP contribution in [0.4, 0.5) is 0 Å². The molecule has 1 unspecified atom stereocenters. The highest BCUT2D eigenvalue weighted by atomic mass is 16.5. The van der Waals surface area contributed by atoms with Crippen molar-refractivity contribution < 1.29 is 9.53 Å². The van der Waals surface area contributed by atoms with Crippen LogP contribution in [0.15, 0.2) is 0 Å². The van der Waals surface area contributed by atoms with E-state index in [4.69, 9.17) is 4.74 Å². The molecule has 0 saturated heterocycles. The maximum Gasteiger partial charge on any atom is 0.306 e. The lowest BCUT2D eigenvalue weighted by molar-refractivity contribution is -0.143. The van der Waals surface area contributed by atoms with Crippen LogP contribution >= 0.6 is 0 Å². The first-order valence-corrected chi connectivity index (χ1v) is 5.36. The highest BCUT2D eigenvalue weighted by Gasteiger charge is 2.26. The Morgan fingerprint density at radius 2 is 2.47 bits per heavy atom. The number of aromatic nitrogens is 3. The second-order valence-corrected chi connectivity index (χ2v) is 3.75. The lowest BCUT2D eigenvalue weighted by Crippen LogP contribution is -2.15. The molecule has 1 N–H and O–H groups in total. The summed E-state index contributed by atoms with van der Waals surface area (Å²) >= 11 is 0. The van der Waals surface area contributed by atoms with Gasteiger partial charge in [-0.05, 0) is 26.2 Å². The lowest BCUT2D eigenvalue weighted by atomic mass is 9.87. The monoisotopic (exact) mass is 209 g/mol. The van der Waals surface area contributed by atoms with Crippen molar-refractivity contribution in [2.75, 3.05) is 6.61 Å².